The van der Waals surface area contributed by atoms with Gasteiger partial charge in [-0.3, -0.25) is 0 Å². The third kappa shape index (κ3) is 1.16. The summed E-state index contributed by atoms with van der Waals surface area (Å²) in [5, 5.41) is 9.49. The highest BCUT2D eigenvalue weighted by Gasteiger charge is 2.25. The monoisotopic (exact) mass is 179 g/mol. The highest BCUT2D eigenvalue weighted by atomic mass is 16.5. The van der Waals surface area contributed by atoms with Gasteiger partial charge in [0.1, 0.15) is 6.61 Å². The molecule has 3 N–H and O–H groups in total. The molecule has 3 nitrogen and oxygen atoms in total. The van der Waals surface area contributed by atoms with Gasteiger partial charge < -0.3 is 15.6 Å². The van der Waals surface area contributed by atoms with Crippen molar-refractivity contribution in [3.63, 3.8) is 0 Å². The molecule has 0 fully saturated rings. The van der Waals surface area contributed by atoms with Gasteiger partial charge in [-0.05, 0) is 18.1 Å². The minimum atomic E-state index is -0.0861. The van der Waals surface area contributed by atoms with Gasteiger partial charge in [0.2, 0.25) is 0 Å². The number of hydrogen-bond donors (Lipinski definition) is 2. The molecule has 0 aliphatic carbocycles. The lowest BCUT2D eigenvalue weighted by atomic mass is 10.00. The van der Waals surface area contributed by atoms with E-state index >= 15 is 0 Å². The van der Waals surface area contributed by atoms with Crippen LogP contribution in [0.2, 0.25) is 0 Å². The molecule has 1 aromatic carbocycles. The van der Waals surface area contributed by atoms with Gasteiger partial charge in [0.25, 0.3) is 0 Å². The molecule has 1 heterocycles. The predicted octanol–water partition coefficient (Wildman–Crippen LogP) is 1.35. The molecule has 3 heteroatoms. The fourth-order valence-corrected chi connectivity index (χ4v) is 1.75. The zero-order valence-corrected chi connectivity index (χ0v) is 7.58. The number of aromatic hydroxyl groups is 1. The minimum absolute atomic E-state index is 0.0861. The highest BCUT2D eigenvalue weighted by Crippen LogP contribution is 2.40. The van der Waals surface area contributed by atoms with Crippen molar-refractivity contribution < 1.29 is 9.84 Å². The molecule has 2 rings (SSSR count). The van der Waals surface area contributed by atoms with Crippen LogP contribution in [0.5, 0.6) is 11.5 Å². The van der Waals surface area contributed by atoms with Gasteiger partial charge in [0.05, 0.1) is 6.04 Å². The van der Waals surface area contributed by atoms with E-state index in [0.717, 1.165) is 17.5 Å². The largest absolute Gasteiger partial charge is 0.504 e. The van der Waals surface area contributed by atoms with Crippen LogP contribution in [0.15, 0.2) is 12.1 Å². The summed E-state index contributed by atoms with van der Waals surface area (Å²) in [5.74, 6) is 0.770. The number of benzene rings is 1. The molecule has 1 atom stereocenters. The fourth-order valence-electron chi connectivity index (χ4n) is 1.75. The Hall–Kier alpha value is -1.22. The van der Waals surface area contributed by atoms with Crippen LogP contribution >= 0.6 is 0 Å². The highest BCUT2D eigenvalue weighted by molar-refractivity contribution is 5.53. The van der Waals surface area contributed by atoms with Gasteiger partial charge in [-0.25, -0.2) is 0 Å². The third-order valence-corrected chi connectivity index (χ3v) is 2.42. The first-order valence-corrected chi connectivity index (χ1v) is 4.47. The van der Waals surface area contributed by atoms with Crippen LogP contribution in [0.3, 0.4) is 0 Å². The second kappa shape index (κ2) is 2.92. The average Bonchev–Trinajstić information content (AvgIpc) is 2.51. The van der Waals surface area contributed by atoms with E-state index in [1.807, 2.05) is 6.07 Å². The summed E-state index contributed by atoms with van der Waals surface area (Å²) in [6.45, 7) is 2.54. The van der Waals surface area contributed by atoms with Crippen LogP contribution in [0.4, 0.5) is 0 Å². The van der Waals surface area contributed by atoms with Crippen LogP contribution in [0, 0.1) is 0 Å². The predicted molar refractivity (Wildman–Crippen MR) is 49.9 cm³/mol. The molecule has 0 saturated carbocycles. The van der Waals surface area contributed by atoms with E-state index in [4.69, 9.17) is 10.5 Å². The Kier molecular flexibility index (Phi) is 1.88. The van der Waals surface area contributed by atoms with Gasteiger partial charge >= 0.3 is 0 Å². The maximum atomic E-state index is 9.49. The lowest BCUT2D eigenvalue weighted by Gasteiger charge is -2.08. The molecule has 0 spiro atoms. The topological polar surface area (TPSA) is 55.5 Å². The SMILES string of the molecule is CCc1ccc(O)c2c1[C@@H](N)CO2. The van der Waals surface area contributed by atoms with E-state index in [9.17, 15) is 5.11 Å². The van der Waals surface area contributed by atoms with Crippen molar-refractivity contribution >= 4 is 0 Å². The molecule has 0 saturated heterocycles. The molecule has 0 radical (unpaired) electrons. The Morgan fingerprint density at radius 2 is 2.38 bits per heavy atom. The van der Waals surface area contributed by atoms with Crippen LogP contribution in [-0.4, -0.2) is 11.7 Å². The molecule has 1 aromatic rings. The first-order chi connectivity index (χ1) is 6.24. The molecule has 70 valence electrons. The Morgan fingerprint density at radius 3 is 3.08 bits per heavy atom. The quantitative estimate of drug-likeness (QED) is 0.684. The van der Waals surface area contributed by atoms with Crippen LogP contribution < -0.4 is 10.5 Å². The molecule has 13 heavy (non-hydrogen) atoms. The second-order valence-electron chi connectivity index (χ2n) is 3.26. The van der Waals surface area contributed by atoms with Crippen molar-refractivity contribution in [2.24, 2.45) is 5.73 Å². The summed E-state index contributed by atoms with van der Waals surface area (Å²) in [7, 11) is 0. The fraction of sp³-hybridized carbons (Fsp3) is 0.400. The molecular weight excluding hydrogens is 166 g/mol. The number of nitrogens with two attached hydrogens (primary N) is 1. The molecule has 0 amide bonds. The Balaban J connectivity index is 2.60. The van der Waals surface area contributed by atoms with E-state index in [-0.39, 0.29) is 11.8 Å². The number of ether oxygens (including phenoxy) is 1. The van der Waals surface area contributed by atoms with Crippen molar-refractivity contribution in [1.82, 2.24) is 0 Å². The van der Waals surface area contributed by atoms with E-state index in [1.54, 1.807) is 6.07 Å². The molecular formula is C10H13NO2. The standard InChI is InChI=1S/C10H13NO2/c1-2-6-3-4-8(12)10-9(6)7(11)5-13-10/h3-4,7,12H,2,5,11H2,1H3/t7-/m0/s1. The zero-order chi connectivity index (χ0) is 9.42. The lowest BCUT2D eigenvalue weighted by molar-refractivity contribution is 0.317. The van der Waals surface area contributed by atoms with E-state index in [2.05, 4.69) is 6.92 Å². The molecule has 0 aromatic heterocycles. The van der Waals surface area contributed by atoms with Crippen molar-refractivity contribution in [3.8, 4) is 11.5 Å². The maximum absolute atomic E-state index is 9.49. The lowest BCUT2D eigenvalue weighted by Crippen LogP contribution is -2.12. The van der Waals surface area contributed by atoms with Crippen LogP contribution in [-0.2, 0) is 6.42 Å². The van der Waals surface area contributed by atoms with Crippen LogP contribution in [0.1, 0.15) is 24.1 Å². The summed E-state index contributed by atoms with van der Waals surface area (Å²) in [6, 6.07) is 3.48. The molecule has 1 aliphatic rings. The van der Waals surface area contributed by atoms with Crippen molar-refractivity contribution in [3.05, 3.63) is 23.3 Å². The number of rotatable bonds is 1. The van der Waals surface area contributed by atoms with E-state index in [0.29, 0.717) is 12.4 Å². The summed E-state index contributed by atoms with van der Waals surface area (Å²) >= 11 is 0. The summed E-state index contributed by atoms with van der Waals surface area (Å²) in [5.41, 5.74) is 7.99. The first-order valence-electron chi connectivity index (χ1n) is 4.47. The smallest absolute Gasteiger partial charge is 0.166 e. The Bertz CT molecular complexity index is 336. The van der Waals surface area contributed by atoms with Gasteiger partial charge in [-0.2, -0.15) is 0 Å². The summed E-state index contributed by atoms with van der Waals surface area (Å²) < 4.78 is 5.31. The minimum Gasteiger partial charge on any atom is -0.504 e. The number of aryl methyl sites for hydroxylation is 1. The van der Waals surface area contributed by atoms with Crippen molar-refractivity contribution in [2.75, 3.05) is 6.61 Å². The number of hydrogen-bond acceptors (Lipinski definition) is 3. The normalized spacial score (nSPS) is 19.7. The average molecular weight is 179 g/mol. The van der Waals surface area contributed by atoms with Gasteiger partial charge in [0.15, 0.2) is 11.5 Å². The molecule has 1 aliphatic heterocycles. The maximum Gasteiger partial charge on any atom is 0.166 e. The number of phenols is 1. The van der Waals surface area contributed by atoms with Crippen molar-refractivity contribution in [1.29, 1.82) is 0 Å². The second-order valence-corrected chi connectivity index (χ2v) is 3.26. The van der Waals surface area contributed by atoms with E-state index < -0.39 is 0 Å². The zero-order valence-electron chi connectivity index (χ0n) is 7.58. The van der Waals surface area contributed by atoms with Crippen molar-refractivity contribution in [2.45, 2.75) is 19.4 Å². The summed E-state index contributed by atoms with van der Waals surface area (Å²) in [4.78, 5) is 0. The van der Waals surface area contributed by atoms with Gasteiger partial charge in [-0.15, -0.1) is 0 Å². The third-order valence-electron chi connectivity index (χ3n) is 2.42. The van der Waals surface area contributed by atoms with Crippen LogP contribution in [0.25, 0.3) is 0 Å². The summed E-state index contributed by atoms with van der Waals surface area (Å²) in [6.07, 6.45) is 0.916. The van der Waals surface area contributed by atoms with Gasteiger partial charge in [0, 0.05) is 5.56 Å². The Morgan fingerprint density at radius 1 is 1.62 bits per heavy atom. The van der Waals surface area contributed by atoms with Gasteiger partial charge in [-0.1, -0.05) is 13.0 Å². The number of fused-ring (bicyclic) bond motifs is 1. The van der Waals surface area contributed by atoms with E-state index in [1.165, 1.54) is 0 Å². The Labute approximate surface area is 77.1 Å². The molecule has 0 bridgehead atoms. The molecule has 0 unspecified atom stereocenters. The first kappa shape index (κ1) is 8.38. The number of phenolic OH excluding ortho intramolecular Hbond substituents is 1.